The Bertz CT molecular complexity index is 218. The normalized spacial score (nSPS) is 22.9. The third-order valence-corrected chi connectivity index (χ3v) is 2.35. The molecule has 1 aliphatic heterocycles. The van der Waals surface area contributed by atoms with Crippen LogP contribution in [0.15, 0.2) is 12.4 Å². The van der Waals surface area contributed by atoms with Gasteiger partial charge in [0.05, 0.1) is 0 Å². The van der Waals surface area contributed by atoms with Crippen molar-refractivity contribution in [3.8, 4) is 0 Å². The van der Waals surface area contributed by atoms with E-state index in [1.165, 1.54) is 4.90 Å². The number of amides is 1. The molecule has 0 saturated carbocycles. The van der Waals surface area contributed by atoms with Crippen LogP contribution in [0.4, 0.5) is 4.39 Å². The van der Waals surface area contributed by atoms with Crippen LogP contribution in [0.3, 0.4) is 0 Å². The summed E-state index contributed by atoms with van der Waals surface area (Å²) >= 11 is 0. The molecule has 1 atom stereocenters. The van der Waals surface area contributed by atoms with E-state index in [1.54, 1.807) is 0 Å². The van der Waals surface area contributed by atoms with Gasteiger partial charge in [-0.2, -0.15) is 0 Å². The van der Waals surface area contributed by atoms with Gasteiger partial charge in [-0.15, -0.1) is 0 Å². The second-order valence-electron chi connectivity index (χ2n) is 3.28. The molecule has 3 nitrogen and oxygen atoms in total. The predicted molar refractivity (Wildman–Crippen MR) is 48.9 cm³/mol. The molecule has 0 radical (unpaired) electrons. The number of carbonyl (C=O) groups excluding carboxylic acids is 1. The fourth-order valence-corrected chi connectivity index (χ4v) is 1.57. The summed E-state index contributed by atoms with van der Waals surface area (Å²) in [5.41, 5.74) is 0. The Morgan fingerprint density at radius 3 is 2.92 bits per heavy atom. The van der Waals surface area contributed by atoms with E-state index < -0.39 is 11.7 Å². The van der Waals surface area contributed by atoms with Gasteiger partial charge in [0, 0.05) is 19.1 Å². The zero-order valence-electron chi connectivity index (χ0n) is 7.85. The summed E-state index contributed by atoms with van der Waals surface area (Å²) in [6.45, 7) is 4.22. The fourth-order valence-electron chi connectivity index (χ4n) is 1.57. The molecular weight excluding hydrogens is 171 g/mol. The van der Waals surface area contributed by atoms with Crippen molar-refractivity contribution < 1.29 is 9.18 Å². The van der Waals surface area contributed by atoms with Crippen molar-refractivity contribution in [3.63, 3.8) is 0 Å². The van der Waals surface area contributed by atoms with Crippen LogP contribution >= 0.6 is 0 Å². The maximum absolute atomic E-state index is 12.5. The Balaban J connectivity index is 2.51. The summed E-state index contributed by atoms with van der Waals surface area (Å²) in [6.07, 6.45) is 1.96. The quantitative estimate of drug-likeness (QED) is 0.643. The fraction of sp³-hybridized carbons (Fsp3) is 0.667. The summed E-state index contributed by atoms with van der Waals surface area (Å²) in [5.74, 6) is -1.43. The Labute approximate surface area is 77.6 Å². The highest BCUT2D eigenvalue weighted by Crippen LogP contribution is 2.12. The number of halogens is 1. The maximum atomic E-state index is 12.5. The van der Waals surface area contributed by atoms with E-state index in [0.717, 1.165) is 12.8 Å². The summed E-state index contributed by atoms with van der Waals surface area (Å²) < 4.78 is 12.5. The van der Waals surface area contributed by atoms with Crippen molar-refractivity contribution in [2.45, 2.75) is 18.9 Å². The number of likely N-dealkylation sites (tertiary alicyclic amines) is 1. The zero-order chi connectivity index (χ0) is 9.84. The van der Waals surface area contributed by atoms with E-state index in [9.17, 15) is 9.18 Å². The lowest BCUT2D eigenvalue weighted by atomic mass is 10.1. The molecule has 0 aromatic heterocycles. The number of hydrogen-bond donors (Lipinski definition) is 1. The smallest absolute Gasteiger partial charge is 0.282 e. The lowest BCUT2D eigenvalue weighted by Gasteiger charge is -2.31. The molecule has 74 valence electrons. The number of rotatable bonds is 2. The number of nitrogens with zero attached hydrogens (tertiary/aromatic N) is 1. The molecule has 0 aromatic carbocycles. The van der Waals surface area contributed by atoms with Gasteiger partial charge in [-0.05, 0) is 19.9 Å². The lowest BCUT2D eigenvalue weighted by molar-refractivity contribution is -0.129. The Morgan fingerprint density at radius 2 is 2.38 bits per heavy atom. The van der Waals surface area contributed by atoms with Crippen molar-refractivity contribution in [2.75, 3.05) is 20.1 Å². The predicted octanol–water partition coefficient (Wildman–Crippen LogP) is 0.680. The van der Waals surface area contributed by atoms with E-state index in [-0.39, 0.29) is 6.04 Å². The number of piperidine rings is 1. The minimum Gasteiger partial charge on any atom is -0.335 e. The molecule has 0 aromatic rings. The van der Waals surface area contributed by atoms with Gasteiger partial charge in [-0.25, -0.2) is 4.39 Å². The number of nitrogens with one attached hydrogen (secondary N) is 1. The van der Waals surface area contributed by atoms with Gasteiger partial charge < -0.3 is 10.2 Å². The Hall–Kier alpha value is -0.900. The monoisotopic (exact) mass is 186 g/mol. The number of carbonyl (C=O) groups is 1. The van der Waals surface area contributed by atoms with Crippen LogP contribution < -0.4 is 5.32 Å². The Kier molecular flexibility index (Phi) is 3.42. The highest BCUT2D eigenvalue weighted by molar-refractivity contribution is 5.90. The molecule has 0 bridgehead atoms. The molecule has 1 saturated heterocycles. The average molecular weight is 186 g/mol. The molecule has 1 rings (SSSR count). The van der Waals surface area contributed by atoms with E-state index >= 15 is 0 Å². The van der Waals surface area contributed by atoms with Gasteiger partial charge in [0.1, 0.15) is 0 Å². The molecule has 1 unspecified atom stereocenters. The number of hydrogen-bond acceptors (Lipinski definition) is 2. The molecule has 1 N–H and O–H groups in total. The second kappa shape index (κ2) is 4.37. The maximum Gasteiger partial charge on any atom is 0.282 e. The van der Waals surface area contributed by atoms with Crippen LogP contribution in [-0.4, -0.2) is 37.0 Å². The highest BCUT2D eigenvalue weighted by Gasteiger charge is 2.23. The third-order valence-electron chi connectivity index (χ3n) is 2.35. The van der Waals surface area contributed by atoms with E-state index in [4.69, 9.17) is 0 Å². The first-order chi connectivity index (χ1) is 6.15. The number of likely N-dealkylation sites (N-methyl/N-ethyl adjacent to an activating group) is 1. The minimum atomic E-state index is -0.864. The minimum absolute atomic E-state index is 0.289. The molecule has 13 heavy (non-hydrogen) atoms. The van der Waals surface area contributed by atoms with Crippen LogP contribution in [0.5, 0.6) is 0 Å². The van der Waals surface area contributed by atoms with Gasteiger partial charge in [0.2, 0.25) is 0 Å². The van der Waals surface area contributed by atoms with Gasteiger partial charge >= 0.3 is 0 Å². The molecule has 1 aliphatic rings. The van der Waals surface area contributed by atoms with Gasteiger partial charge in [0.15, 0.2) is 5.83 Å². The van der Waals surface area contributed by atoms with Crippen LogP contribution in [0, 0.1) is 0 Å². The third kappa shape index (κ3) is 2.52. The van der Waals surface area contributed by atoms with Gasteiger partial charge in [-0.1, -0.05) is 6.58 Å². The molecule has 1 heterocycles. The molecule has 0 spiro atoms. The summed E-state index contributed by atoms with van der Waals surface area (Å²) in [7, 11) is 1.85. The topological polar surface area (TPSA) is 32.3 Å². The molecule has 0 aliphatic carbocycles. The van der Waals surface area contributed by atoms with Crippen molar-refractivity contribution in [2.24, 2.45) is 0 Å². The molecule has 1 fully saturated rings. The largest absolute Gasteiger partial charge is 0.335 e. The van der Waals surface area contributed by atoms with Crippen molar-refractivity contribution in [3.05, 3.63) is 12.4 Å². The van der Waals surface area contributed by atoms with E-state index in [0.29, 0.717) is 13.1 Å². The first kappa shape index (κ1) is 10.2. The first-order valence-electron chi connectivity index (χ1n) is 4.46. The molecule has 1 amide bonds. The van der Waals surface area contributed by atoms with E-state index in [1.807, 2.05) is 7.05 Å². The van der Waals surface area contributed by atoms with Crippen LogP contribution in [-0.2, 0) is 4.79 Å². The van der Waals surface area contributed by atoms with Crippen molar-refractivity contribution in [1.82, 2.24) is 10.2 Å². The van der Waals surface area contributed by atoms with Crippen molar-refractivity contribution >= 4 is 5.91 Å². The second-order valence-corrected chi connectivity index (χ2v) is 3.28. The van der Waals surface area contributed by atoms with Crippen LogP contribution in [0.2, 0.25) is 0 Å². The van der Waals surface area contributed by atoms with Crippen LogP contribution in [0.25, 0.3) is 0 Å². The van der Waals surface area contributed by atoms with Gasteiger partial charge in [-0.3, -0.25) is 4.79 Å². The SMILES string of the molecule is C=C(F)C(=O)N1CCCC(NC)C1. The highest BCUT2D eigenvalue weighted by atomic mass is 19.1. The summed E-state index contributed by atoms with van der Waals surface area (Å²) in [4.78, 5) is 12.7. The van der Waals surface area contributed by atoms with Gasteiger partial charge in [0.25, 0.3) is 5.91 Å². The van der Waals surface area contributed by atoms with Crippen LogP contribution in [0.1, 0.15) is 12.8 Å². The van der Waals surface area contributed by atoms with Crippen molar-refractivity contribution in [1.29, 1.82) is 0 Å². The zero-order valence-corrected chi connectivity index (χ0v) is 7.85. The lowest BCUT2D eigenvalue weighted by Crippen LogP contribution is -2.47. The average Bonchev–Trinajstić information content (AvgIpc) is 2.16. The summed E-state index contributed by atoms with van der Waals surface area (Å²) in [5, 5.41) is 3.08. The molecule has 4 heteroatoms. The summed E-state index contributed by atoms with van der Waals surface area (Å²) in [6, 6.07) is 0.289. The molecular formula is C9H15FN2O. The standard InChI is InChI=1S/C9H15FN2O/c1-7(10)9(13)12-5-3-4-8(6-12)11-2/h8,11H,1,3-6H2,2H3. The first-order valence-corrected chi connectivity index (χ1v) is 4.46. The Morgan fingerprint density at radius 1 is 1.69 bits per heavy atom. The van der Waals surface area contributed by atoms with E-state index in [2.05, 4.69) is 11.9 Å².